The molecule has 0 bridgehead atoms. The standard InChI is InChI=1S/C84H154N5O2/c1-15-27-41-50-84(52-44-64-88(57-33-21-7,58-34-22-8)59-35-23-9,53-45-65-89(60-36-24-10,61-37-25-11)62-38-26-12)78-67-74(14)82-76(69-78)71-86-80-47-40-39-46-79(80)85-70-75-68-77(66-73(13)81(75)90-72-91-82)83(48-28-16-2,49-29-17-3)51-42-43-63-87(54-30-18-4,55-31-19-5)56-32-20-6/h66-71,79-80H,15-65,72H2,1-14H3/q+3/t79-,80-/m0/s1. The average Bonchev–Trinajstić information content (AvgIpc) is 1.32. The summed E-state index contributed by atoms with van der Waals surface area (Å²) in [5.74, 6) is 1.88. The molecule has 1 aliphatic heterocycles. The summed E-state index contributed by atoms with van der Waals surface area (Å²) >= 11 is 0. The number of nitrogens with zero attached hydrogens (tertiary/aromatic N) is 5. The maximum absolute atomic E-state index is 7.13. The molecule has 0 unspecified atom stereocenters. The van der Waals surface area contributed by atoms with Gasteiger partial charge in [0.05, 0.1) is 90.6 Å². The molecule has 2 aromatic rings. The molecule has 0 amide bonds. The molecule has 7 nitrogen and oxygen atoms in total. The Morgan fingerprint density at radius 1 is 0.330 bits per heavy atom. The van der Waals surface area contributed by atoms with E-state index in [2.05, 4.69) is 134 Å². The van der Waals surface area contributed by atoms with Gasteiger partial charge in [0.15, 0.2) is 0 Å². The number of hydrogen-bond acceptors (Lipinski definition) is 4. The number of benzene rings is 2. The Morgan fingerprint density at radius 2 is 0.593 bits per heavy atom. The molecule has 1 fully saturated rings. The highest BCUT2D eigenvalue weighted by molar-refractivity contribution is 5.86. The van der Waals surface area contributed by atoms with Crippen LogP contribution in [0.2, 0.25) is 0 Å². The summed E-state index contributed by atoms with van der Waals surface area (Å²) in [6.07, 6.45) is 54.3. The van der Waals surface area contributed by atoms with E-state index in [4.69, 9.17) is 19.5 Å². The zero-order chi connectivity index (χ0) is 66.1. The van der Waals surface area contributed by atoms with E-state index in [1.54, 1.807) is 5.56 Å². The predicted molar refractivity (Wildman–Crippen MR) is 402 cm³/mol. The average molecular weight is 1270 g/mol. The molecular weight excluding hydrogens is 1110 g/mol. The predicted octanol–water partition coefficient (Wildman–Crippen LogP) is 23.7. The van der Waals surface area contributed by atoms with Crippen LogP contribution >= 0.6 is 0 Å². The van der Waals surface area contributed by atoms with E-state index in [-0.39, 0.29) is 29.7 Å². The number of hydrogen-bond donors (Lipinski definition) is 0. The van der Waals surface area contributed by atoms with Gasteiger partial charge in [-0.25, -0.2) is 0 Å². The second-order valence-corrected chi connectivity index (χ2v) is 30.6. The number of aryl methyl sites for hydroxylation is 2. The minimum atomic E-state index is 0.0724. The Morgan fingerprint density at radius 3 is 0.901 bits per heavy atom. The van der Waals surface area contributed by atoms with E-state index < -0.39 is 0 Å². The molecule has 2 atom stereocenters. The van der Waals surface area contributed by atoms with Gasteiger partial charge in [0.1, 0.15) is 11.5 Å². The van der Waals surface area contributed by atoms with Crippen LogP contribution in [0.15, 0.2) is 34.3 Å². The van der Waals surface area contributed by atoms with E-state index in [1.807, 2.05) is 0 Å². The minimum absolute atomic E-state index is 0.0724. The zero-order valence-corrected chi connectivity index (χ0v) is 63.4. The lowest BCUT2D eigenvalue weighted by atomic mass is 9.69. The molecule has 91 heavy (non-hydrogen) atoms. The summed E-state index contributed by atoms with van der Waals surface area (Å²) in [6, 6.07) is 10.6. The third-order valence-corrected chi connectivity index (χ3v) is 23.0. The van der Waals surface area contributed by atoms with Gasteiger partial charge in [-0.1, -0.05) is 211 Å². The topological polar surface area (TPSA) is 43.2 Å². The Bertz CT molecular complexity index is 2140. The summed E-state index contributed by atoms with van der Waals surface area (Å²) in [7, 11) is 0. The van der Waals surface area contributed by atoms with Crippen molar-refractivity contribution in [3.05, 3.63) is 57.6 Å². The number of quaternary nitrogens is 3. The number of fused-ring (bicyclic) bond motifs is 3. The molecular formula is C84H154N5O2+3. The lowest BCUT2D eigenvalue weighted by molar-refractivity contribution is -0.929. The van der Waals surface area contributed by atoms with Gasteiger partial charge in [0.2, 0.25) is 6.79 Å². The van der Waals surface area contributed by atoms with Gasteiger partial charge in [0.25, 0.3) is 0 Å². The van der Waals surface area contributed by atoms with Crippen molar-refractivity contribution in [2.45, 2.75) is 370 Å². The fourth-order valence-electron chi connectivity index (χ4n) is 17.0. The van der Waals surface area contributed by atoms with Crippen molar-refractivity contribution in [2.24, 2.45) is 9.98 Å². The van der Waals surface area contributed by atoms with E-state index >= 15 is 0 Å². The highest BCUT2D eigenvalue weighted by Crippen LogP contribution is 2.45. The summed E-state index contributed by atoms with van der Waals surface area (Å²) in [4.78, 5) is 11.3. The van der Waals surface area contributed by atoms with Gasteiger partial charge in [-0.15, -0.1) is 0 Å². The Balaban J connectivity index is 1.89. The van der Waals surface area contributed by atoms with Gasteiger partial charge < -0.3 is 22.9 Å². The van der Waals surface area contributed by atoms with Crippen LogP contribution < -0.4 is 9.47 Å². The third kappa shape index (κ3) is 26.7. The van der Waals surface area contributed by atoms with Crippen LogP contribution in [0, 0.1) is 13.8 Å². The van der Waals surface area contributed by atoms with Crippen LogP contribution in [0.25, 0.3) is 0 Å². The first kappa shape index (κ1) is 80.7. The highest BCUT2D eigenvalue weighted by atomic mass is 16.7. The fraction of sp³-hybridized carbons (Fsp3) is 0.833. The van der Waals surface area contributed by atoms with Crippen molar-refractivity contribution in [2.75, 3.05) is 85.3 Å². The smallest absolute Gasteiger partial charge is 0.230 e. The molecule has 1 aliphatic carbocycles. The summed E-state index contributed by atoms with van der Waals surface area (Å²) in [6.45, 7) is 49.8. The van der Waals surface area contributed by atoms with Crippen molar-refractivity contribution in [1.82, 2.24) is 0 Å². The van der Waals surface area contributed by atoms with Crippen LogP contribution in [-0.2, 0) is 10.8 Å². The van der Waals surface area contributed by atoms with Crippen molar-refractivity contribution >= 4 is 12.4 Å². The molecule has 0 saturated heterocycles. The maximum Gasteiger partial charge on any atom is 0.230 e. The molecule has 0 N–H and O–H groups in total. The largest absolute Gasteiger partial charge is 0.457 e. The molecule has 524 valence electrons. The second-order valence-electron chi connectivity index (χ2n) is 30.6. The molecule has 2 aromatic carbocycles. The van der Waals surface area contributed by atoms with Crippen molar-refractivity contribution < 1.29 is 22.9 Å². The molecule has 1 saturated carbocycles. The third-order valence-electron chi connectivity index (χ3n) is 23.0. The number of unbranched alkanes of at least 4 members (excludes halogenated alkanes) is 14. The monoisotopic (exact) mass is 1270 g/mol. The molecule has 0 spiro atoms. The van der Waals surface area contributed by atoms with Crippen LogP contribution in [0.1, 0.15) is 367 Å². The van der Waals surface area contributed by atoms with Crippen LogP contribution in [0.3, 0.4) is 0 Å². The van der Waals surface area contributed by atoms with Gasteiger partial charge in [-0.2, -0.15) is 0 Å². The summed E-state index contributed by atoms with van der Waals surface area (Å²) in [5, 5.41) is 0. The van der Waals surface area contributed by atoms with E-state index in [9.17, 15) is 0 Å². The lowest BCUT2D eigenvalue weighted by Gasteiger charge is -2.43. The van der Waals surface area contributed by atoms with E-state index in [0.717, 1.165) is 35.5 Å². The lowest BCUT2D eigenvalue weighted by Crippen LogP contribution is -2.51. The van der Waals surface area contributed by atoms with Crippen LogP contribution in [0.4, 0.5) is 0 Å². The van der Waals surface area contributed by atoms with Crippen LogP contribution in [0.5, 0.6) is 11.5 Å². The Kier molecular flexibility index (Phi) is 40.5. The number of rotatable bonds is 52. The Labute approximate surface area is 567 Å². The SMILES string of the molecule is CCCCCC(CCC[N+](CCCC)(CCCC)CCCC)(CCC[N+](CCCC)(CCCC)CCCC)c1cc(C)c2c(c1)C=N[C@H]1CCCC[C@@H]1N=Cc1cc(C(CCCC)(CCCC)CCCC[N+](CCCC)(CCCC)CCCC)cc(C)c1OCO2. The van der Waals surface area contributed by atoms with Gasteiger partial charge in [0, 0.05) is 23.6 Å². The quantitative estimate of drug-likeness (QED) is 0.0489. The maximum atomic E-state index is 7.13. The first-order valence-corrected chi connectivity index (χ1v) is 40.5. The first-order valence-electron chi connectivity index (χ1n) is 40.5. The molecule has 0 aromatic heterocycles. The van der Waals surface area contributed by atoms with Crippen molar-refractivity contribution in [3.8, 4) is 11.5 Å². The summed E-state index contributed by atoms with van der Waals surface area (Å²) in [5.41, 5.74) is 7.99. The molecule has 1 heterocycles. The molecule has 2 aliphatic rings. The minimum Gasteiger partial charge on any atom is -0.457 e. The van der Waals surface area contributed by atoms with Gasteiger partial charge in [-0.3, -0.25) is 9.98 Å². The van der Waals surface area contributed by atoms with E-state index in [1.165, 1.54) is 346 Å². The first-order chi connectivity index (χ1) is 44.3. The van der Waals surface area contributed by atoms with Gasteiger partial charge in [-0.05, 0) is 194 Å². The van der Waals surface area contributed by atoms with Crippen LogP contribution in [-0.4, -0.2) is 123 Å². The van der Waals surface area contributed by atoms with Gasteiger partial charge >= 0.3 is 0 Å². The molecule has 0 radical (unpaired) electrons. The highest BCUT2D eigenvalue weighted by Gasteiger charge is 2.38. The zero-order valence-electron chi connectivity index (χ0n) is 63.4. The van der Waals surface area contributed by atoms with Crippen molar-refractivity contribution in [1.29, 1.82) is 0 Å². The summed E-state index contributed by atoms with van der Waals surface area (Å²) < 4.78 is 18.2. The fourth-order valence-corrected chi connectivity index (χ4v) is 17.0. The Hall–Kier alpha value is -2.74. The molecule has 7 heteroatoms. The number of aliphatic imine (C=N–C) groups is 2. The number of ether oxygens (including phenoxy) is 2. The normalized spacial score (nSPS) is 16.0. The van der Waals surface area contributed by atoms with Crippen molar-refractivity contribution in [3.63, 3.8) is 0 Å². The molecule has 4 rings (SSSR count). The second kappa shape index (κ2) is 45.7. The van der Waals surface area contributed by atoms with E-state index in [0.29, 0.717) is 0 Å².